The molecular weight excluding hydrogens is 501 g/mol. The molecule has 0 atom stereocenters. The maximum atomic E-state index is 13.5. The van der Waals surface area contributed by atoms with Crippen LogP contribution in [0.25, 0.3) is 16.7 Å². The van der Waals surface area contributed by atoms with Crippen LogP contribution in [0, 0.1) is 11.2 Å². The summed E-state index contributed by atoms with van der Waals surface area (Å²) in [6.45, 7) is 0.413. The van der Waals surface area contributed by atoms with E-state index in [1.807, 2.05) is 12.1 Å². The summed E-state index contributed by atoms with van der Waals surface area (Å²) in [4.78, 5) is 31.3. The Hall–Kier alpha value is -4.99. The number of ether oxygens (including phenoxy) is 2. The number of carbonyl (C=O) groups is 1. The third-order valence-electron chi connectivity index (χ3n) is 6.46. The summed E-state index contributed by atoms with van der Waals surface area (Å²) in [6.07, 6.45) is 2.11. The Morgan fingerprint density at radius 3 is 2.49 bits per heavy atom. The molecule has 9 nitrogen and oxygen atoms in total. The second-order valence-corrected chi connectivity index (χ2v) is 8.90. The third kappa shape index (κ3) is 5.08. The highest BCUT2D eigenvalue weighted by molar-refractivity contribution is 5.96. The predicted molar refractivity (Wildman–Crippen MR) is 144 cm³/mol. The van der Waals surface area contributed by atoms with Crippen LogP contribution < -0.4 is 25.8 Å². The molecule has 3 aromatic heterocycles. The Balaban J connectivity index is 1.51. The van der Waals surface area contributed by atoms with Crippen LogP contribution in [0.1, 0.15) is 21.5 Å². The van der Waals surface area contributed by atoms with Crippen molar-refractivity contribution in [1.82, 2.24) is 19.3 Å². The fraction of sp³-hybridized carbons (Fsp3) is 0.172. The molecule has 39 heavy (non-hydrogen) atoms. The Labute approximate surface area is 222 Å². The molecule has 0 aliphatic rings. The van der Waals surface area contributed by atoms with Crippen LogP contribution in [0.5, 0.6) is 11.5 Å². The van der Waals surface area contributed by atoms with E-state index in [4.69, 9.17) is 14.9 Å². The van der Waals surface area contributed by atoms with Gasteiger partial charge in [0.2, 0.25) is 0 Å². The summed E-state index contributed by atoms with van der Waals surface area (Å²) in [5, 5.41) is 11.9. The van der Waals surface area contributed by atoms with Gasteiger partial charge in [0.25, 0.3) is 11.5 Å². The molecular formula is C29H26FN5O4. The first-order valence-corrected chi connectivity index (χ1v) is 12.2. The number of hydrogen-bond acceptors (Lipinski definition) is 6. The quantitative estimate of drug-likeness (QED) is 0.301. The molecule has 2 N–H and O–H groups in total. The molecule has 0 aliphatic heterocycles. The van der Waals surface area contributed by atoms with Crippen LogP contribution >= 0.6 is 0 Å². The van der Waals surface area contributed by atoms with Crippen molar-refractivity contribution in [3.05, 3.63) is 111 Å². The van der Waals surface area contributed by atoms with Gasteiger partial charge in [-0.3, -0.25) is 19.4 Å². The van der Waals surface area contributed by atoms with Gasteiger partial charge in [-0.15, -0.1) is 0 Å². The number of nitrogens with one attached hydrogen (secondary N) is 2. The van der Waals surface area contributed by atoms with Crippen LogP contribution in [-0.4, -0.2) is 40.6 Å². The number of hydrogen-bond donors (Lipinski definition) is 2. The van der Waals surface area contributed by atoms with Crippen molar-refractivity contribution in [1.29, 1.82) is 5.41 Å². The van der Waals surface area contributed by atoms with Crippen LogP contribution in [0.3, 0.4) is 0 Å². The number of nitrogens with zero attached hydrogens (tertiary/aromatic N) is 3. The smallest absolute Gasteiger partial charge is 0.267 e. The van der Waals surface area contributed by atoms with E-state index in [1.165, 1.54) is 27.2 Å². The number of pyridine rings is 2. The SMILES string of the molecule is COc1ccc(CCNC(=O)c2cc3c(=O)n4ccccc4nc3n(Cc3ccc(F)cc3)c2=N)cc1OC. The van der Waals surface area contributed by atoms with E-state index in [0.717, 1.165) is 5.56 Å². The molecule has 0 saturated heterocycles. The summed E-state index contributed by atoms with van der Waals surface area (Å²) >= 11 is 0. The zero-order chi connectivity index (χ0) is 27.5. The molecule has 3 heterocycles. The highest BCUT2D eigenvalue weighted by Crippen LogP contribution is 2.27. The van der Waals surface area contributed by atoms with Gasteiger partial charge in [-0.05, 0) is 60.0 Å². The van der Waals surface area contributed by atoms with E-state index in [2.05, 4.69) is 10.3 Å². The third-order valence-corrected chi connectivity index (χ3v) is 6.46. The van der Waals surface area contributed by atoms with Crippen LogP contribution in [0.15, 0.2) is 77.7 Å². The Bertz CT molecular complexity index is 1810. The minimum atomic E-state index is -0.493. The van der Waals surface area contributed by atoms with Gasteiger partial charge in [0.1, 0.15) is 22.6 Å². The number of methoxy groups -OCH3 is 2. The minimum absolute atomic E-state index is 0.0340. The standard InChI is InChI=1S/C29H26FN5O4/c1-38-23-11-8-18(15-24(23)39-2)12-13-32-28(36)21-16-22-27(33-25-5-3-4-14-34(25)29(22)37)35(26(21)31)17-19-6-9-20(30)10-7-19/h3-11,14-16,31H,12-13,17H2,1-2H3,(H,32,36). The molecule has 0 aliphatic carbocycles. The van der Waals surface area contributed by atoms with E-state index in [9.17, 15) is 14.0 Å². The van der Waals surface area contributed by atoms with Crippen molar-refractivity contribution in [2.75, 3.05) is 20.8 Å². The highest BCUT2D eigenvalue weighted by atomic mass is 19.1. The van der Waals surface area contributed by atoms with Gasteiger partial charge in [0, 0.05) is 12.7 Å². The Morgan fingerprint density at radius 1 is 1.00 bits per heavy atom. The van der Waals surface area contributed by atoms with Gasteiger partial charge in [0.05, 0.1) is 31.7 Å². The molecule has 0 fully saturated rings. The zero-order valence-electron chi connectivity index (χ0n) is 21.4. The maximum Gasteiger partial charge on any atom is 0.267 e. The van der Waals surface area contributed by atoms with E-state index in [-0.39, 0.29) is 40.0 Å². The molecule has 1 amide bonds. The topological polar surface area (TPSA) is 111 Å². The fourth-order valence-corrected chi connectivity index (χ4v) is 4.44. The number of halogens is 1. The molecule has 198 valence electrons. The number of fused-ring (bicyclic) bond motifs is 2. The van der Waals surface area contributed by atoms with Crippen molar-refractivity contribution >= 4 is 22.6 Å². The van der Waals surface area contributed by atoms with Gasteiger partial charge in [-0.2, -0.15) is 0 Å². The molecule has 5 aromatic rings. The first-order valence-electron chi connectivity index (χ1n) is 12.2. The molecule has 0 radical (unpaired) electrons. The van der Waals surface area contributed by atoms with Gasteiger partial charge in [-0.25, -0.2) is 9.37 Å². The molecule has 0 bridgehead atoms. The second kappa shape index (κ2) is 10.8. The average molecular weight is 528 g/mol. The lowest BCUT2D eigenvalue weighted by Gasteiger charge is -2.15. The summed E-state index contributed by atoms with van der Waals surface area (Å²) in [7, 11) is 3.12. The Kier molecular flexibility index (Phi) is 7.09. The molecule has 0 saturated carbocycles. The van der Waals surface area contributed by atoms with Gasteiger partial charge in [0.15, 0.2) is 11.5 Å². The Morgan fingerprint density at radius 2 is 1.74 bits per heavy atom. The van der Waals surface area contributed by atoms with E-state index >= 15 is 0 Å². The van der Waals surface area contributed by atoms with Crippen molar-refractivity contribution in [2.45, 2.75) is 13.0 Å². The number of amides is 1. The lowest BCUT2D eigenvalue weighted by molar-refractivity contribution is 0.0951. The predicted octanol–water partition coefficient (Wildman–Crippen LogP) is 3.31. The molecule has 2 aromatic carbocycles. The van der Waals surface area contributed by atoms with Crippen LogP contribution in [0.4, 0.5) is 4.39 Å². The second-order valence-electron chi connectivity index (χ2n) is 8.90. The first kappa shape index (κ1) is 25.7. The number of benzene rings is 2. The molecule has 0 unspecified atom stereocenters. The number of aromatic nitrogens is 3. The maximum absolute atomic E-state index is 13.5. The van der Waals surface area contributed by atoms with E-state index < -0.39 is 5.91 Å². The van der Waals surface area contributed by atoms with Crippen molar-refractivity contribution in [2.24, 2.45) is 0 Å². The van der Waals surface area contributed by atoms with Crippen molar-refractivity contribution < 1.29 is 18.7 Å². The molecule has 0 spiro atoms. The minimum Gasteiger partial charge on any atom is -0.493 e. The first-order chi connectivity index (χ1) is 18.9. The van der Waals surface area contributed by atoms with Gasteiger partial charge < -0.3 is 19.4 Å². The van der Waals surface area contributed by atoms with Crippen molar-refractivity contribution in [3.8, 4) is 11.5 Å². The summed E-state index contributed by atoms with van der Waals surface area (Å²) < 4.78 is 27.0. The lowest BCUT2D eigenvalue weighted by atomic mass is 10.1. The van der Waals surface area contributed by atoms with Gasteiger partial charge >= 0.3 is 0 Å². The number of rotatable bonds is 8. The summed E-state index contributed by atoms with van der Waals surface area (Å²) in [5.41, 5.74) is 1.86. The fourth-order valence-electron chi connectivity index (χ4n) is 4.44. The number of carbonyl (C=O) groups excluding carboxylic acids is 1. The normalized spacial score (nSPS) is 11.1. The molecule has 10 heteroatoms. The van der Waals surface area contributed by atoms with E-state index in [1.54, 1.807) is 56.8 Å². The monoisotopic (exact) mass is 527 g/mol. The van der Waals surface area contributed by atoms with E-state index in [0.29, 0.717) is 35.7 Å². The van der Waals surface area contributed by atoms with Crippen molar-refractivity contribution in [3.63, 3.8) is 0 Å². The van der Waals surface area contributed by atoms with Crippen LogP contribution in [-0.2, 0) is 13.0 Å². The van der Waals surface area contributed by atoms with Gasteiger partial charge in [-0.1, -0.05) is 24.3 Å². The zero-order valence-corrected chi connectivity index (χ0v) is 21.4. The van der Waals surface area contributed by atoms with Crippen LogP contribution in [0.2, 0.25) is 0 Å². The summed E-state index contributed by atoms with van der Waals surface area (Å²) in [5.74, 6) is 0.322. The molecule has 5 rings (SSSR count). The largest absolute Gasteiger partial charge is 0.493 e. The average Bonchev–Trinajstić information content (AvgIpc) is 2.95. The highest BCUT2D eigenvalue weighted by Gasteiger charge is 2.18. The lowest BCUT2D eigenvalue weighted by Crippen LogP contribution is -2.35. The summed E-state index contributed by atoms with van der Waals surface area (Å²) in [6, 6.07) is 17.9.